The molecular weight excluding hydrogens is 402 g/mol. The highest BCUT2D eigenvalue weighted by Gasteiger charge is 2.25. The van der Waals surface area contributed by atoms with Crippen LogP contribution in [-0.4, -0.2) is 55.3 Å². The SMILES string of the molecule is O=C(c1ccc(CS(=O)(=O)c2ccccc2)o1)N1CCN(Cc2cccnc2)CC1. The molecule has 30 heavy (non-hydrogen) atoms. The minimum Gasteiger partial charge on any atom is -0.455 e. The van der Waals surface area contributed by atoms with E-state index in [9.17, 15) is 13.2 Å². The number of benzene rings is 1. The Morgan fingerprint density at radius 2 is 1.73 bits per heavy atom. The molecule has 0 aliphatic carbocycles. The van der Waals surface area contributed by atoms with Gasteiger partial charge in [-0.15, -0.1) is 0 Å². The van der Waals surface area contributed by atoms with Crippen LogP contribution in [0.2, 0.25) is 0 Å². The Morgan fingerprint density at radius 3 is 2.43 bits per heavy atom. The van der Waals surface area contributed by atoms with E-state index in [1.165, 1.54) is 0 Å². The van der Waals surface area contributed by atoms with Crippen molar-refractivity contribution in [2.75, 3.05) is 26.2 Å². The summed E-state index contributed by atoms with van der Waals surface area (Å²) in [5.41, 5.74) is 1.15. The minimum absolute atomic E-state index is 0.175. The van der Waals surface area contributed by atoms with Gasteiger partial charge in [0.05, 0.1) is 4.90 Å². The van der Waals surface area contributed by atoms with Crippen molar-refractivity contribution in [3.63, 3.8) is 0 Å². The van der Waals surface area contributed by atoms with Gasteiger partial charge in [0.25, 0.3) is 5.91 Å². The Labute approximate surface area is 175 Å². The molecule has 2 aromatic heterocycles. The molecule has 156 valence electrons. The summed E-state index contributed by atoms with van der Waals surface area (Å²) in [4.78, 5) is 21.2. The summed E-state index contributed by atoms with van der Waals surface area (Å²) in [6, 6.07) is 15.3. The number of pyridine rings is 1. The lowest BCUT2D eigenvalue weighted by molar-refractivity contribution is 0.0596. The zero-order valence-corrected chi connectivity index (χ0v) is 17.3. The maximum absolute atomic E-state index is 12.8. The fourth-order valence-electron chi connectivity index (χ4n) is 3.48. The molecule has 3 aromatic rings. The van der Waals surface area contributed by atoms with Gasteiger partial charge in [-0.25, -0.2) is 8.42 Å². The van der Waals surface area contributed by atoms with Crippen molar-refractivity contribution in [3.8, 4) is 0 Å². The van der Waals surface area contributed by atoms with Crippen molar-refractivity contribution < 1.29 is 17.6 Å². The summed E-state index contributed by atoms with van der Waals surface area (Å²) in [5.74, 6) is -0.0471. The van der Waals surface area contributed by atoms with E-state index in [2.05, 4.69) is 9.88 Å². The first-order valence-electron chi connectivity index (χ1n) is 9.78. The van der Waals surface area contributed by atoms with Crippen molar-refractivity contribution >= 4 is 15.7 Å². The molecule has 1 aromatic carbocycles. The normalized spacial score (nSPS) is 15.3. The van der Waals surface area contributed by atoms with Crippen LogP contribution in [0.5, 0.6) is 0 Å². The third-order valence-electron chi connectivity index (χ3n) is 5.10. The fraction of sp³-hybridized carbons (Fsp3) is 0.273. The maximum atomic E-state index is 12.8. The van der Waals surface area contributed by atoms with Crippen LogP contribution >= 0.6 is 0 Å². The molecular formula is C22H23N3O4S. The number of hydrogen-bond donors (Lipinski definition) is 0. The number of piperazine rings is 1. The first-order chi connectivity index (χ1) is 14.5. The van der Waals surface area contributed by atoms with Gasteiger partial charge in [0.2, 0.25) is 0 Å². The van der Waals surface area contributed by atoms with Gasteiger partial charge in [-0.05, 0) is 35.9 Å². The summed E-state index contributed by atoms with van der Waals surface area (Å²) in [6.07, 6.45) is 3.61. The minimum atomic E-state index is -3.52. The molecule has 4 rings (SSSR count). The van der Waals surface area contributed by atoms with Crippen LogP contribution in [0.4, 0.5) is 0 Å². The van der Waals surface area contributed by atoms with Crippen LogP contribution in [0, 0.1) is 0 Å². The van der Waals surface area contributed by atoms with Crippen molar-refractivity contribution in [2.45, 2.75) is 17.2 Å². The van der Waals surface area contributed by atoms with Gasteiger partial charge in [-0.1, -0.05) is 24.3 Å². The zero-order valence-electron chi connectivity index (χ0n) is 16.5. The maximum Gasteiger partial charge on any atom is 0.289 e. The predicted octanol–water partition coefficient (Wildman–Crippen LogP) is 2.61. The molecule has 1 aliphatic rings. The highest BCUT2D eigenvalue weighted by Crippen LogP contribution is 2.19. The Kier molecular flexibility index (Phi) is 5.96. The molecule has 1 aliphatic heterocycles. The number of carbonyl (C=O) groups is 1. The number of carbonyl (C=O) groups excluding carboxylic acids is 1. The number of amides is 1. The number of furan rings is 1. The van der Waals surface area contributed by atoms with Gasteiger partial charge in [-0.2, -0.15) is 0 Å². The van der Waals surface area contributed by atoms with Gasteiger partial charge in [0, 0.05) is 45.1 Å². The number of hydrogen-bond acceptors (Lipinski definition) is 6. The molecule has 0 bridgehead atoms. The van der Waals surface area contributed by atoms with E-state index in [0.29, 0.717) is 13.1 Å². The van der Waals surface area contributed by atoms with Crippen LogP contribution in [0.1, 0.15) is 21.9 Å². The molecule has 0 unspecified atom stereocenters. The lowest BCUT2D eigenvalue weighted by atomic mass is 10.2. The standard InChI is InChI=1S/C22H23N3O4S/c26-22(25-13-11-24(12-14-25)16-18-5-4-10-23-15-18)21-9-8-19(29-21)17-30(27,28)20-6-2-1-3-7-20/h1-10,15H,11-14,16-17H2. The van der Waals surface area contributed by atoms with Crippen LogP contribution in [0.15, 0.2) is 76.3 Å². The average Bonchev–Trinajstić information content (AvgIpc) is 3.23. The van der Waals surface area contributed by atoms with Crippen molar-refractivity contribution in [3.05, 3.63) is 84.1 Å². The molecule has 8 heteroatoms. The van der Waals surface area contributed by atoms with Gasteiger partial charge in [0.15, 0.2) is 15.6 Å². The molecule has 0 radical (unpaired) electrons. The second-order valence-corrected chi connectivity index (χ2v) is 9.26. The summed E-state index contributed by atoms with van der Waals surface area (Å²) in [7, 11) is -3.52. The van der Waals surface area contributed by atoms with E-state index >= 15 is 0 Å². The highest BCUT2D eigenvalue weighted by atomic mass is 32.2. The Bertz CT molecular complexity index is 1090. The number of aromatic nitrogens is 1. The Morgan fingerprint density at radius 1 is 0.967 bits per heavy atom. The topological polar surface area (TPSA) is 83.7 Å². The smallest absolute Gasteiger partial charge is 0.289 e. The van der Waals surface area contributed by atoms with Gasteiger partial charge in [-0.3, -0.25) is 14.7 Å². The molecule has 0 atom stereocenters. The molecule has 0 N–H and O–H groups in total. The number of nitrogens with zero attached hydrogens (tertiary/aromatic N) is 3. The summed E-state index contributed by atoms with van der Waals surface area (Å²) in [5, 5.41) is 0. The van der Waals surface area contributed by atoms with E-state index in [4.69, 9.17) is 4.42 Å². The molecule has 1 amide bonds. The van der Waals surface area contributed by atoms with E-state index in [0.717, 1.165) is 25.2 Å². The monoisotopic (exact) mass is 425 g/mol. The first kappa shape index (κ1) is 20.3. The van der Waals surface area contributed by atoms with Crippen molar-refractivity contribution in [2.24, 2.45) is 0 Å². The molecule has 7 nitrogen and oxygen atoms in total. The summed E-state index contributed by atoms with van der Waals surface area (Å²) < 4.78 is 30.6. The fourth-order valence-corrected chi connectivity index (χ4v) is 4.75. The van der Waals surface area contributed by atoms with E-state index < -0.39 is 9.84 Å². The molecule has 1 fully saturated rings. The summed E-state index contributed by atoms with van der Waals surface area (Å²) in [6.45, 7) is 3.51. The lowest BCUT2D eigenvalue weighted by Crippen LogP contribution is -2.48. The van der Waals surface area contributed by atoms with E-state index in [1.54, 1.807) is 53.6 Å². The van der Waals surface area contributed by atoms with Crippen LogP contribution < -0.4 is 0 Å². The number of sulfone groups is 1. The zero-order chi connectivity index (χ0) is 21.0. The molecule has 0 saturated carbocycles. The van der Waals surface area contributed by atoms with Gasteiger partial charge >= 0.3 is 0 Å². The molecule has 0 spiro atoms. The van der Waals surface area contributed by atoms with Crippen LogP contribution in [-0.2, 0) is 22.1 Å². The first-order valence-corrected chi connectivity index (χ1v) is 11.4. The van der Waals surface area contributed by atoms with Gasteiger partial charge < -0.3 is 9.32 Å². The van der Waals surface area contributed by atoms with E-state index in [-0.39, 0.29) is 28.1 Å². The third kappa shape index (κ3) is 4.77. The predicted molar refractivity (Wildman–Crippen MR) is 111 cm³/mol. The quantitative estimate of drug-likeness (QED) is 0.604. The number of rotatable bonds is 6. The van der Waals surface area contributed by atoms with Crippen LogP contribution in [0.25, 0.3) is 0 Å². The summed E-state index contributed by atoms with van der Waals surface area (Å²) >= 11 is 0. The molecule has 1 saturated heterocycles. The Hall–Kier alpha value is -2.97. The molecule has 3 heterocycles. The van der Waals surface area contributed by atoms with Gasteiger partial charge in [0.1, 0.15) is 11.5 Å². The third-order valence-corrected chi connectivity index (χ3v) is 6.75. The van der Waals surface area contributed by atoms with Crippen molar-refractivity contribution in [1.29, 1.82) is 0 Å². The average molecular weight is 426 g/mol. The van der Waals surface area contributed by atoms with Crippen LogP contribution in [0.3, 0.4) is 0 Å². The second-order valence-electron chi connectivity index (χ2n) is 7.27. The Balaban J connectivity index is 1.34. The van der Waals surface area contributed by atoms with Crippen molar-refractivity contribution in [1.82, 2.24) is 14.8 Å². The largest absolute Gasteiger partial charge is 0.455 e. The lowest BCUT2D eigenvalue weighted by Gasteiger charge is -2.34. The van der Waals surface area contributed by atoms with E-state index in [1.807, 2.05) is 18.3 Å². The second kappa shape index (κ2) is 8.81. The highest BCUT2D eigenvalue weighted by molar-refractivity contribution is 7.90.